The first-order valence-electron chi connectivity index (χ1n) is 5.88. The van der Waals surface area contributed by atoms with Gasteiger partial charge < -0.3 is 4.74 Å². The molecule has 0 amide bonds. The van der Waals surface area contributed by atoms with Gasteiger partial charge in [-0.25, -0.2) is 17.6 Å². The van der Waals surface area contributed by atoms with Crippen LogP contribution in [-0.2, 0) is 9.53 Å². The molecule has 1 unspecified atom stereocenters. The molecule has 0 radical (unpaired) electrons. The van der Waals surface area contributed by atoms with Crippen LogP contribution in [-0.4, -0.2) is 18.4 Å². The van der Waals surface area contributed by atoms with E-state index in [4.69, 9.17) is 0 Å². The quantitative estimate of drug-likeness (QED) is 0.209. The Morgan fingerprint density at radius 1 is 1.10 bits per heavy atom. The average molecular weight is 292 g/mol. The fourth-order valence-corrected chi connectivity index (χ4v) is 1.64. The van der Waals surface area contributed by atoms with E-state index in [9.17, 15) is 27.2 Å². The number of rotatable bonds is 5. The van der Waals surface area contributed by atoms with Crippen LogP contribution in [0.1, 0.15) is 30.6 Å². The van der Waals surface area contributed by atoms with Gasteiger partial charge in [0.1, 0.15) is 5.92 Å². The molecule has 0 saturated heterocycles. The first kappa shape index (κ1) is 16.1. The van der Waals surface area contributed by atoms with Crippen molar-refractivity contribution in [3.8, 4) is 0 Å². The molecule has 1 aromatic rings. The van der Waals surface area contributed by atoms with Crippen LogP contribution in [0, 0.1) is 29.2 Å². The fraction of sp³-hybridized carbons (Fsp3) is 0.385. The van der Waals surface area contributed by atoms with Crippen molar-refractivity contribution in [2.24, 2.45) is 5.92 Å². The van der Waals surface area contributed by atoms with E-state index in [2.05, 4.69) is 4.74 Å². The van der Waals surface area contributed by atoms with E-state index in [0.29, 0.717) is 0 Å². The van der Waals surface area contributed by atoms with Crippen molar-refractivity contribution in [1.82, 2.24) is 0 Å². The normalized spacial score (nSPS) is 12.1. The lowest BCUT2D eigenvalue weighted by Crippen LogP contribution is -2.27. The molecule has 0 aromatic heterocycles. The van der Waals surface area contributed by atoms with Gasteiger partial charge in [-0.3, -0.25) is 9.59 Å². The van der Waals surface area contributed by atoms with Crippen molar-refractivity contribution < 1.29 is 31.9 Å². The van der Waals surface area contributed by atoms with E-state index in [0.717, 1.165) is 0 Å². The maximum Gasteiger partial charge on any atom is 0.316 e. The number of carbonyl (C=O) groups excluding carboxylic acids is 2. The van der Waals surface area contributed by atoms with Crippen LogP contribution in [0.2, 0.25) is 0 Å². The third kappa shape index (κ3) is 2.97. The van der Waals surface area contributed by atoms with Crippen molar-refractivity contribution in [3.05, 3.63) is 34.9 Å². The molecule has 0 aliphatic heterocycles. The second kappa shape index (κ2) is 6.49. The molecule has 0 aliphatic carbocycles. The predicted octanol–water partition coefficient (Wildman–Crippen LogP) is 3.02. The van der Waals surface area contributed by atoms with Gasteiger partial charge in [0.25, 0.3) is 0 Å². The average Bonchev–Trinajstić information content (AvgIpc) is 2.41. The first-order chi connectivity index (χ1) is 9.34. The zero-order valence-corrected chi connectivity index (χ0v) is 10.8. The maximum absolute atomic E-state index is 13.5. The van der Waals surface area contributed by atoms with Gasteiger partial charge in [0.2, 0.25) is 0 Å². The lowest BCUT2D eigenvalue weighted by Gasteiger charge is -2.13. The molecule has 1 rings (SSSR count). The van der Waals surface area contributed by atoms with Gasteiger partial charge >= 0.3 is 5.97 Å². The SMILES string of the molecule is CCOC(=O)C(CC)C(=O)c1cc(F)c(F)c(F)c1F. The summed E-state index contributed by atoms with van der Waals surface area (Å²) >= 11 is 0. The number of esters is 1. The highest BCUT2D eigenvalue weighted by Crippen LogP contribution is 2.23. The first-order valence-corrected chi connectivity index (χ1v) is 5.88. The molecule has 1 aromatic carbocycles. The minimum absolute atomic E-state index is 0.00274. The number of carbonyl (C=O) groups is 2. The van der Waals surface area contributed by atoms with Gasteiger partial charge in [-0.1, -0.05) is 6.92 Å². The standard InChI is InChI=1S/C13H12F4O3/c1-3-6(13(19)20-4-2)12(18)7-5-8(14)10(16)11(17)9(7)15/h5-6H,3-4H2,1-2H3. The van der Waals surface area contributed by atoms with E-state index in [1.54, 1.807) is 0 Å². The summed E-state index contributed by atoms with van der Waals surface area (Å²) in [5, 5.41) is 0. The zero-order valence-electron chi connectivity index (χ0n) is 10.8. The van der Waals surface area contributed by atoms with Gasteiger partial charge in [0.15, 0.2) is 29.1 Å². The van der Waals surface area contributed by atoms with Gasteiger partial charge in [0, 0.05) is 0 Å². The summed E-state index contributed by atoms with van der Waals surface area (Å²) in [7, 11) is 0. The second-order valence-corrected chi connectivity index (χ2v) is 3.93. The number of hydrogen-bond donors (Lipinski definition) is 0. The Labute approximate surface area is 112 Å². The third-order valence-electron chi connectivity index (χ3n) is 2.66. The maximum atomic E-state index is 13.5. The van der Waals surface area contributed by atoms with Crippen LogP contribution in [0.15, 0.2) is 6.07 Å². The molecule has 3 nitrogen and oxygen atoms in total. The van der Waals surface area contributed by atoms with E-state index in [1.807, 2.05) is 0 Å². The summed E-state index contributed by atoms with van der Waals surface area (Å²) in [5.74, 6) is -11.1. The van der Waals surface area contributed by atoms with Crippen LogP contribution in [0.4, 0.5) is 17.6 Å². The number of benzene rings is 1. The summed E-state index contributed by atoms with van der Waals surface area (Å²) in [6.45, 7) is 2.96. The Hall–Kier alpha value is -1.92. The monoisotopic (exact) mass is 292 g/mol. The highest BCUT2D eigenvalue weighted by atomic mass is 19.2. The van der Waals surface area contributed by atoms with Crippen molar-refractivity contribution in [1.29, 1.82) is 0 Å². The third-order valence-corrected chi connectivity index (χ3v) is 2.66. The minimum atomic E-state index is -2.09. The Morgan fingerprint density at radius 2 is 1.70 bits per heavy atom. The van der Waals surface area contributed by atoms with Crippen LogP contribution in [0.25, 0.3) is 0 Å². The lowest BCUT2D eigenvalue weighted by atomic mass is 9.94. The Balaban J connectivity index is 3.23. The Kier molecular flexibility index (Phi) is 5.24. The number of Topliss-reactive ketones (excluding diaryl/α,β-unsaturated/α-hetero) is 1. The lowest BCUT2D eigenvalue weighted by molar-refractivity contribution is -0.146. The molecule has 0 saturated carbocycles. The second-order valence-electron chi connectivity index (χ2n) is 3.93. The zero-order chi connectivity index (χ0) is 15.4. The van der Waals surface area contributed by atoms with Gasteiger partial charge in [-0.2, -0.15) is 0 Å². The number of ether oxygens (including phenoxy) is 1. The molecule has 0 bridgehead atoms. The topological polar surface area (TPSA) is 43.4 Å². The summed E-state index contributed by atoms with van der Waals surface area (Å²) in [6.07, 6.45) is -0.0439. The number of hydrogen-bond acceptors (Lipinski definition) is 3. The number of halogens is 4. The van der Waals surface area contributed by atoms with Crippen molar-refractivity contribution >= 4 is 11.8 Å². The molecule has 0 spiro atoms. The van der Waals surface area contributed by atoms with Gasteiger partial charge in [-0.05, 0) is 19.4 Å². The van der Waals surface area contributed by atoms with Gasteiger partial charge in [-0.15, -0.1) is 0 Å². The smallest absolute Gasteiger partial charge is 0.316 e. The van der Waals surface area contributed by atoms with Crippen molar-refractivity contribution in [3.63, 3.8) is 0 Å². The molecule has 7 heteroatoms. The van der Waals surface area contributed by atoms with E-state index >= 15 is 0 Å². The van der Waals surface area contributed by atoms with Crippen molar-refractivity contribution in [2.45, 2.75) is 20.3 Å². The van der Waals surface area contributed by atoms with E-state index in [-0.39, 0.29) is 19.1 Å². The summed E-state index contributed by atoms with van der Waals surface area (Å²) in [4.78, 5) is 23.4. The van der Waals surface area contributed by atoms with Crippen LogP contribution < -0.4 is 0 Å². The fourth-order valence-electron chi connectivity index (χ4n) is 1.64. The summed E-state index contributed by atoms with van der Waals surface area (Å²) in [6, 6.07) is 0.234. The van der Waals surface area contributed by atoms with Gasteiger partial charge in [0.05, 0.1) is 12.2 Å². The van der Waals surface area contributed by atoms with Crippen LogP contribution >= 0.6 is 0 Å². The minimum Gasteiger partial charge on any atom is -0.465 e. The van der Waals surface area contributed by atoms with E-state index in [1.165, 1.54) is 13.8 Å². The molecule has 0 heterocycles. The molecule has 1 atom stereocenters. The van der Waals surface area contributed by atoms with E-state index < -0.39 is 46.5 Å². The summed E-state index contributed by atoms with van der Waals surface area (Å²) < 4.78 is 57.0. The van der Waals surface area contributed by atoms with Crippen molar-refractivity contribution in [2.75, 3.05) is 6.61 Å². The Morgan fingerprint density at radius 3 is 2.20 bits per heavy atom. The number of ketones is 1. The Bertz CT molecular complexity index is 543. The molecule has 110 valence electrons. The largest absolute Gasteiger partial charge is 0.465 e. The highest BCUT2D eigenvalue weighted by Gasteiger charge is 2.32. The highest BCUT2D eigenvalue weighted by molar-refractivity contribution is 6.08. The predicted molar refractivity (Wildman–Crippen MR) is 61.0 cm³/mol. The molecule has 0 N–H and O–H groups in total. The molecule has 20 heavy (non-hydrogen) atoms. The van der Waals surface area contributed by atoms with Crippen LogP contribution in [0.3, 0.4) is 0 Å². The van der Waals surface area contributed by atoms with Crippen LogP contribution in [0.5, 0.6) is 0 Å². The molecular formula is C13H12F4O3. The summed E-state index contributed by atoms with van der Waals surface area (Å²) in [5.41, 5.74) is -1.01. The molecule has 0 fully saturated rings. The molecule has 0 aliphatic rings. The molecular weight excluding hydrogens is 280 g/mol.